The molecule has 1 aromatic carbocycles. The van der Waals surface area contributed by atoms with Gasteiger partial charge in [0.25, 0.3) is 0 Å². The molecule has 2 atom stereocenters. The van der Waals surface area contributed by atoms with Gasteiger partial charge >= 0.3 is 0 Å². The number of β-amino-alcohol motifs (C(OH)–C–C–N with tert-alkyl or cyclic N) is 1. The van der Waals surface area contributed by atoms with Gasteiger partial charge in [-0.25, -0.2) is 4.39 Å². The number of likely N-dealkylation sites (tertiary alicyclic amines) is 1. The highest BCUT2D eigenvalue weighted by atomic mass is 19.1. The summed E-state index contributed by atoms with van der Waals surface area (Å²) in [6.45, 7) is 2.48. The first-order chi connectivity index (χ1) is 7.96. The van der Waals surface area contributed by atoms with Gasteiger partial charge in [-0.05, 0) is 32.5 Å². The van der Waals surface area contributed by atoms with Crippen LogP contribution in [-0.4, -0.2) is 36.8 Å². The second-order valence-corrected chi connectivity index (χ2v) is 4.85. The van der Waals surface area contributed by atoms with Crippen molar-refractivity contribution in [1.82, 2.24) is 4.90 Å². The van der Waals surface area contributed by atoms with Crippen molar-refractivity contribution in [3.8, 4) is 5.75 Å². The number of hydrogen-bond donors (Lipinski definition) is 1. The first kappa shape index (κ1) is 12.3. The van der Waals surface area contributed by atoms with Crippen LogP contribution in [0.15, 0.2) is 18.2 Å². The molecule has 1 N–H and O–H groups in total. The molecule has 0 saturated carbocycles. The molecule has 1 aromatic rings. The van der Waals surface area contributed by atoms with Gasteiger partial charge in [-0.2, -0.15) is 0 Å². The van der Waals surface area contributed by atoms with E-state index in [1.54, 1.807) is 12.1 Å². The first-order valence-corrected chi connectivity index (χ1v) is 5.73. The highest BCUT2D eigenvalue weighted by Crippen LogP contribution is 2.36. The van der Waals surface area contributed by atoms with E-state index in [9.17, 15) is 9.50 Å². The molecule has 4 heteroatoms. The zero-order valence-corrected chi connectivity index (χ0v) is 10.4. The van der Waals surface area contributed by atoms with Gasteiger partial charge in [0, 0.05) is 24.2 Å². The Morgan fingerprint density at radius 2 is 2.24 bits per heavy atom. The second-order valence-electron chi connectivity index (χ2n) is 4.85. The van der Waals surface area contributed by atoms with E-state index in [1.165, 1.54) is 13.2 Å². The lowest BCUT2D eigenvalue weighted by Crippen LogP contribution is -2.30. The molecule has 0 aromatic heterocycles. The van der Waals surface area contributed by atoms with Crippen molar-refractivity contribution < 1.29 is 14.2 Å². The SMILES string of the molecule is COc1ccc(C2(O)CC(C)N(C)C2)c(F)c1. The Bertz CT molecular complexity index is 412. The molecule has 2 unspecified atom stereocenters. The Kier molecular flexibility index (Phi) is 3.10. The topological polar surface area (TPSA) is 32.7 Å². The minimum Gasteiger partial charge on any atom is -0.497 e. The number of methoxy groups -OCH3 is 1. The minimum atomic E-state index is -1.09. The predicted octanol–water partition coefficient (Wildman–Crippen LogP) is 1.75. The highest BCUT2D eigenvalue weighted by Gasteiger charge is 2.41. The number of hydrogen-bond acceptors (Lipinski definition) is 3. The monoisotopic (exact) mass is 239 g/mol. The summed E-state index contributed by atoms with van der Waals surface area (Å²) >= 11 is 0. The van der Waals surface area contributed by atoms with Gasteiger partial charge in [0.15, 0.2) is 0 Å². The van der Waals surface area contributed by atoms with Crippen LogP contribution in [0.5, 0.6) is 5.75 Å². The molecule has 0 spiro atoms. The van der Waals surface area contributed by atoms with Gasteiger partial charge in [0.05, 0.1) is 7.11 Å². The summed E-state index contributed by atoms with van der Waals surface area (Å²) in [5.41, 5.74) is -0.737. The molecule has 1 aliphatic heterocycles. The molecule has 0 amide bonds. The van der Waals surface area contributed by atoms with Crippen LogP contribution in [0.4, 0.5) is 4.39 Å². The third kappa shape index (κ3) is 2.15. The summed E-state index contributed by atoms with van der Waals surface area (Å²) in [7, 11) is 3.43. The molecule has 0 radical (unpaired) electrons. The molecule has 94 valence electrons. The largest absolute Gasteiger partial charge is 0.497 e. The fourth-order valence-electron chi connectivity index (χ4n) is 2.47. The van der Waals surface area contributed by atoms with Crippen LogP contribution in [0, 0.1) is 5.82 Å². The number of likely N-dealkylation sites (N-methyl/N-ethyl adjacent to an activating group) is 1. The van der Waals surface area contributed by atoms with Crippen LogP contribution >= 0.6 is 0 Å². The van der Waals surface area contributed by atoms with Crippen LogP contribution < -0.4 is 4.74 Å². The van der Waals surface area contributed by atoms with Crippen molar-refractivity contribution in [2.24, 2.45) is 0 Å². The standard InChI is InChI=1S/C13H18FNO2/c1-9-7-13(16,8-15(9)2)11-5-4-10(17-3)6-12(11)14/h4-6,9,16H,7-8H2,1-3H3. The molecular weight excluding hydrogens is 221 g/mol. The molecule has 2 rings (SSSR count). The van der Waals surface area contributed by atoms with Crippen LogP contribution in [0.2, 0.25) is 0 Å². The maximum Gasteiger partial charge on any atom is 0.133 e. The molecule has 1 saturated heterocycles. The summed E-state index contributed by atoms with van der Waals surface area (Å²) in [4.78, 5) is 2.03. The number of benzene rings is 1. The lowest BCUT2D eigenvalue weighted by molar-refractivity contribution is 0.0448. The van der Waals surface area contributed by atoms with E-state index in [0.29, 0.717) is 24.3 Å². The molecule has 1 aliphatic rings. The fraction of sp³-hybridized carbons (Fsp3) is 0.538. The quantitative estimate of drug-likeness (QED) is 0.853. The van der Waals surface area contributed by atoms with E-state index in [4.69, 9.17) is 4.74 Å². The molecule has 0 bridgehead atoms. The predicted molar refractivity (Wildman–Crippen MR) is 63.6 cm³/mol. The molecule has 1 heterocycles. The third-order valence-corrected chi connectivity index (χ3v) is 3.57. The second kappa shape index (κ2) is 4.27. The molecule has 3 nitrogen and oxygen atoms in total. The van der Waals surface area contributed by atoms with Crippen LogP contribution in [0.3, 0.4) is 0 Å². The summed E-state index contributed by atoms with van der Waals surface area (Å²) < 4.78 is 18.9. The average molecular weight is 239 g/mol. The normalized spacial score (nSPS) is 29.6. The van der Waals surface area contributed by atoms with Crippen LogP contribution in [0.1, 0.15) is 18.9 Å². The fourth-order valence-corrected chi connectivity index (χ4v) is 2.47. The zero-order chi connectivity index (χ0) is 12.6. The van der Waals surface area contributed by atoms with E-state index >= 15 is 0 Å². The van der Waals surface area contributed by atoms with Crippen LogP contribution in [-0.2, 0) is 5.60 Å². The average Bonchev–Trinajstić information content (AvgIpc) is 2.53. The lowest BCUT2D eigenvalue weighted by atomic mass is 9.91. The van der Waals surface area contributed by atoms with Gasteiger partial charge in [0.1, 0.15) is 17.2 Å². The van der Waals surface area contributed by atoms with Crippen molar-refractivity contribution in [3.05, 3.63) is 29.6 Å². The van der Waals surface area contributed by atoms with Gasteiger partial charge < -0.3 is 14.7 Å². The van der Waals surface area contributed by atoms with E-state index in [1.807, 2.05) is 18.9 Å². The smallest absolute Gasteiger partial charge is 0.133 e. The van der Waals surface area contributed by atoms with E-state index in [0.717, 1.165) is 0 Å². The Morgan fingerprint density at radius 1 is 1.53 bits per heavy atom. The van der Waals surface area contributed by atoms with Gasteiger partial charge in [0.2, 0.25) is 0 Å². The number of rotatable bonds is 2. The first-order valence-electron chi connectivity index (χ1n) is 5.73. The summed E-state index contributed by atoms with van der Waals surface area (Å²) in [5, 5.41) is 10.5. The summed E-state index contributed by atoms with van der Waals surface area (Å²) in [6.07, 6.45) is 0.548. The number of halogens is 1. The van der Waals surface area contributed by atoms with Gasteiger partial charge in [-0.1, -0.05) is 0 Å². The van der Waals surface area contributed by atoms with Crippen molar-refractivity contribution in [3.63, 3.8) is 0 Å². The van der Waals surface area contributed by atoms with Crippen molar-refractivity contribution >= 4 is 0 Å². The molecule has 0 aliphatic carbocycles. The van der Waals surface area contributed by atoms with Crippen LogP contribution in [0.25, 0.3) is 0 Å². The maximum absolute atomic E-state index is 13.9. The van der Waals surface area contributed by atoms with Crippen molar-refractivity contribution in [2.45, 2.75) is 25.0 Å². The van der Waals surface area contributed by atoms with Gasteiger partial charge in [-0.3, -0.25) is 0 Å². The van der Waals surface area contributed by atoms with E-state index in [-0.39, 0.29) is 6.04 Å². The number of nitrogens with zero attached hydrogens (tertiary/aromatic N) is 1. The van der Waals surface area contributed by atoms with E-state index < -0.39 is 11.4 Å². The summed E-state index contributed by atoms with van der Waals surface area (Å²) in [6, 6.07) is 4.86. The van der Waals surface area contributed by atoms with E-state index in [2.05, 4.69) is 0 Å². The van der Waals surface area contributed by atoms with Crippen molar-refractivity contribution in [2.75, 3.05) is 20.7 Å². The minimum absolute atomic E-state index is 0.251. The summed E-state index contributed by atoms with van der Waals surface area (Å²) in [5.74, 6) is 0.0589. The molecule has 1 fully saturated rings. The highest BCUT2D eigenvalue weighted by molar-refractivity contribution is 5.33. The molecular formula is C13H18FNO2. The van der Waals surface area contributed by atoms with Crippen molar-refractivity contribution in [1.29, 1.82) is 0 Å². The Morgan fingerprint density at radius 3 is 2.71 bits per heavy atom. The Hall–Kier alpha value is -1.13. The maximum atomic E-state index is 13.9. The Balaban J connectivity index is 2.34. The zero-order valence-electron chi connectivity index (χ0n) is 10.4. The molecule has 17 heavy (non-hydrogen) atoms. The Labute approximate surface area is 101 Å². The number of aliphatic hydroxyl groups is 1. The third-order valence-electron chi connectivity index (χ3n) is 3.57. The van der Waals surface area contributed by atoms with Gasteiger partial charge in [-0.15, -0.1) is 0 Å². The lowest BCUT2D eigenvalue weighted by Gasteiger charge is -2.23. The number of ether oxygens (including phenoxy) is 1.